The first-order valence-corrected chi connectivity index (χ1v) is 4.03. The molecule has 0 aromatic carbocycles. The molecule has 0 aromatic rings. The molecule has 0 aliphatic rings. The quantitative estimate of drug-likeness (QED) is 0.278. The van der Waals surface area contributed by atoms with E-state index >= 15 is 0 Å². The summed E-state index contributed by atoms with van der Waals surface area (Å²) in [5.74, 6) is -2.54. The third kappa shape index (κ3) is 5.98. The Morgan fingerprint density at radius 3 is 2.31 bits per heavy atom. The molecule has 0 saturated heterocycles. The molecule has 0 atom stereocenters. The molecule has 2 N–H and O–H groups in total. The lowest BCUT2D eigenvalue weighted by atomic mass is 10.2. The number of unbranched alkanes of at least 4 members (excludes halogenated alkanes) is 1. The Morgan fingerprint density at radius 1 is 1.23 bits per heavy atom. The molecule has 0 aromatic heterocycles. The van der Waals surface area contributed by atoms with Crippen LogP contribution in [0.1, 0.15) is 26.2 Å². The van der Waals surface area contributed by atoms with Gasteiger partial charge in [0.25, 0.3) is 0 Å². The number of hydrogen-bond donors (Lipinski definition) is 1. The molecule has 0 radical (unpaired) electrons. The summed E-state index contributed by atoms with van der Waals surface area (Å²) in [4.78, 5) is 31.7. The Labute approximate surface area is 76.2 Å². The maximum Gasteiger partial charge on any atom is 0.381 e. The summed E-state index contributed by atoms with van der Waals surface area (Å²) >= 11 is 0. The average molecular weight is 187 g/mol. The zero-order valence-electron chi connectivity index (χ0n) is 7.54. The van der Waals surface area contributed by atoms with Crippen molar-refractivity contribution in [2.45, 2.75) is 26.2 Å². The number of rotatable bonds is 5. The monoisotopic (exact) mass is 187 g/mol. The normalized spacial score (nSPS) is 9.38. The predicted molar refractivity (Wildman–Crippen MR) is 44.7 cm³/mol. The van der Waals surface area contributed by atoms with E-state index in [-0.39, 0.29) is 6.42 Å². The lowest BCUT2D eigenvalue weighted by Gasteiger charge is -1.99. The van der Waals surface area contributed by atoms with Crippen molar-refractivity contribution >= 4 is 17.7 Å². The Morgan fingerprint density at radius 2 is 1.85 bits per heavy atom. The number of Topliss-reactive ketones (excluding diaryl/α,β-unsaturated/α-hetero) is 1. The molecule has 0 rings (SSSR count). The third-order valence-corrected chi connectivity index (χ3v) is 1.33. The maximum atomic E-state index is 10.8. The van der Waals surface area contributed by atoms with Crippen LogP contribution in [0.25, 0.3) is 0 Å². The van der Waals surface area contributed by atoms with Crippen LogP contribution < -0.4 is 5.73 Å². The van der Waals surface area contributed by atoms with Gasteiger partial charge in [-0.05, 0) is 19.4 Å². The molecule has 0 spiro atoms. The summed E-state index contributed by atoms with van der Waals surface area (Å²) in [7, 11) is 0. The van der Waals surface area contributed by atoms with Crippen LogP contribution in [0.5, 0.6) is 0 Å². The first kappa shape index (κ1) is 11.8. The van der Waals surface area contributed by atoms with Crippen LogP contribution in [0, 0.1) is 0 Å². The molecule has 13 heavy (non-hydrogen) atoms. The molecule has 5 heteroatoms. The highest BCUT2D eigenvalue weighted by molar-refractivity contribution is 6.34. The van der Waals surface area contributed by atoms with E-state index in [0.29, 0.717) is 19.4 Å². The first-order chi connectivity index (χ1) is 6.07. The zero-order chi connectivity index (χ0) is 10.3. The second-order valence-corrected chi connectivity index (χ2v) is 2.56. The van der Waals surface area contributed by atoms with E-state index in [9.17, 15) is 14.4 Å². The second-order valence-electron chi connectivity index (χ2n) is 2.56. The van der Waals surface area contributed by atoms with Gasteiger partial charge in [-0.25, -0.2) is 4.79 Å². The van der Waals surface area contributed by atoms with Crippen LogP contribution in [-0.2, 0) is 19.1 Å². The van der Waals surface area contributed by atoms with Crippen molar-refractivity contribution in [3.05, 3.63) is 0 Å². The number of ketones is 1. The minimum Gasteiger partial charge on any atom is -0.387 e. The smallest absolute Gasteiger partial charge is 0.381 e. The van der Waals surface area contributed by atoms with Crippen LogP contribution in [-0.4, -0.2) is 24.3 Å². The van der Waals surface area contributed by atoms with Crippen molar-refractivity contribution in [2.75, 3.05) is 6.54 Å². The average Bonchev–Trinajstić information content (AvgIpc) is 2.04. The van der Waals surface area contributed by atoms with Gasteiger partial charge in [0, 0.05) is 13.3 Å². The van der Waals surface area contributed by atoms with Gasteiger partial charge in [-0.3, -0.25) is 9.59 Å². The molecule has 0 aliphatic carbocycles. The van der Waals surface area contributed by atoms with Crippen LogP contribution in [0.2, 0.25) is 0 Å². The Kier molecular flexibility index (Phi) is 5.71. The zero-order valence-corrected chi connectivity index (χ0v) is 7.54. The fourth-order valence-electron chi connectivity index (χ4n) is 0.640. The highest BCUT2D eigenvalue weighted by Crippen LogP contribution is 1.96. The molecule has 0 unspecified atom stereocenters. The van der Waals surface area contributed by atoms with Crippen LogP contribution in [0.3, 0.4) is 0 Å². The van der Waals surface area contributed by atoms with Gasteiger partial charge in [-0.2, -0.15) is 0 Å². The highest BCUT2D eigenvalue weighted by Gasteiger charge is 2.13. The molecule has 0 bridgehead atoms. The molecule has 74 valence electrons. The van der Waals surface area contributed by atoms with Gasteiger partial charge >= 0.3 is 11.9 Å². The van der Waals surface area contributed by atoms with Crippen molar-refractivity contribution in [2.24, 2.45) is 5.73 Å². The third-order valence-electron chi connectivity index (χ3n) is 1.33. The predicted octanol–water partition coefficient (Wildman–Crippen LogP) is -0.226. The lowest BCUT2D eigenvalue weighted by molar-refractivity contribution is -0.163. The van der Waals surface area contributed by atoms with Gasteiger partial charge < -0.3 is 10.5 Å². The Bertz CT molecular complexity index is 212. The fourth-order valence-corrected chi connectivity index (χ4v) is 0.640. The van der Waals surface area contributed by atoms with Crippen molar-refractivity contribution < 1.29 is 19.1 Å². The van der Waals surface area contributed by atoms with Gasteiger partial charge in [0.1, 0.15) is 0 Å². The SMILES string of the molecule is CC(=O)C(=O)OC(=O)CCCCN. The standard InChI is InChI=1S/C8H13NO4/c1-6(10)8(12)13-7(11)4-2-3-5-9/h2-5,9H2,1H3. The van der Waals surface area contributed by atoms with Gasteiger partial charge in [-0.15, -0.1) is 0 Å². The first-order valence-electron chi connectivity index (χ1n) is 4.03. The summed E-state index contributed by atoms with van der Waals surface area (Å²) < 4.78 is 4.19. The van der Waals surface area contributed by atoms with Crippen molar-refractivity contribution in [1.29, 1.82) is 0 Å². The molecule has 0 saturated carbocycles. The van der Waals surface area contributed by atoms with Gasteiger partial charge in [-0.1, -0.05) is 0 Å². The van der Waals surface area contributed by atoms with Crippen molar-refractivity contribution in [3.63, 3.8) is 0 Å². The summed E-state index contributed by atoms with van der Waals surface area (Å²) in [5, 5.41) is 0. The minimum absolute atomic E-state index is 0.121. The van der Waals surface area contributed by atoms with Gasteiger partial charge in [0.15, 0.2) is 0 Å². The number of carbonyl (C=O) groups is 3. The van der Waals surface area contributed by atoms with Crippen LogP contribution in [0.4, 0.5) is 0 Å². The Balaban J connectivity index is 3.62. The maximum absolute atomic E-state index is 10.8. The van der Waals surface area contributed by atoms with E-state index in [4.69, 9.17) is 5.73 Å². The molecule has 5 nitrogen and oxygen atoms in total. The summed E-state index contributed by atoms with van der Waals surface area (Å²) in [6.45, 7) is 1.55. The number of esters is 2. The van der Waals surface area contributed by atoms with Crippen LogP contribution in [0.15, 0.2) is 0 Å². The van der Waals surface area contributed by atoms with E-state index in [2.05, 4.69) is 4.74 Å². The Hall–Kier alpha value is -1.23. The topological polar surface area (TPSA) is 86.5 Å². The lowest BCUT2D eigenvalue weighted by Crippen LogP contribution is -2.18. The number of carbonyl (C=O) groups excluding carboxylic acids is 3. The molecule has 0 amide bonds. The molecule has 0 aliphatic heterocycles. The molecular weight excluding hydrogens is 174 g/mol. The summed E-state index contributed by atoms with van der Waals surface area (Å²) in [6, 6.07) is 0. The molecule has 0 fully saturated rings. The van der Waals surface area contributed by atoms with E-state index < -0.39 is 17.7 Å². The van der Waals surface area contributed by atoms with E-state index in [1.807, 2.05) is 0 Å². The molecular formula is C8H13NO4. The number of ether oxygens (including phenoxy) is 1. The molecule has 0 heterocycles. The summed E-state index contributed by atoms with van der Waals surface area (Å²) in [5.41, 5.74) is 5.19. The van der Waals surface area contributed by atoms with E-state index in [0.717, 1.165) is 6.92 Å². The summed E-state index contributed by atoms with van der Waals surface area (Å²) in [6.07, 6.45) is 1.39. The van der Waals surface area contributed by atoms with Gasteiger partial charge in [0.05, 0.1) is 0 Å². The second kappa shape index (κ2) is 6.30. The van der Waals surface area contributed by atoms with Crippen molar-refractivity contribution in [1.82, 2.24) is 0 Å². The van der Waals surface area contributed by atoms with E-state index in [1.54, 1.807) is 0 Å². The van der Waals surface area contributed by atoms with Gasteiger partial charge in [0.2, 0.25) is 5.78 Å². The number of hydrogen-bond acceptors (Lipinski definition) is 5. The largest absolute Gasteiger partial charge is 0.387 e. The fraction of sp³-hybridized carbons (Fsp3) is 0.625. The van der Waals surface area contributed by atoms with E-state index in [1.165, 1.54) is 0 Å². The highest BCUT2D eigenvalue weighted by atomic mass is 16.6. The number of nitrogens with two attached hydrogens (primary N) is 1. The van der Waals surface area contributed by atoms with Crippen molar-refractivity contribution in [3.8, 4) is 0 Å². The minimum atomic E-state index is -1.10. The van der Waals surface area contributed by atoms with Crippen LogP contribution >= 0.6 is 0 Å².